The molecule has 1 saturated heterocycles. The summed E-state index contributed by atoms with van der Waals surface area (Å²) in [6.07, 6.45) is -0.0171. The van der Waals surface area contributed by atoms with Crippen molar-refractivity contribution >= 4 is 42.5 Å². The SMILES string of the molecule is C[C@@H]1C(CCC(=O)N2CCS(=O)(=O)CC2)C(=O)c2ccccc2N1S(=O)(=O)C(=O)OCc1ccccc1. The molecular formula is C25H28N2O8S2. The molecule has 2 aliphatic heterocycles. The van der Waals surface area contributed by atoms with Crippen molar-refractivity contribution in [2.24, 2.45) is 5.92 Å². The van der Waals surface area contributed by atoms with Crippen LogP contribution in [-0.4, -0.2) is 69.4 Å². The van der Waals surface area contributed by atoms with E-state index in [9.17, 15) is 31.2 Å². The molecule has 10 nitrogen and oxygen atoms in total. The second-order valence-electron chi connectivity index (χ2n) is 9.12. The second-order valence-corrected chi connectivity index (χ2v) is 13.1. The lowest BCUT2D eigenvalue weighted by atomic mass is 9.83. The van der Waals surface area contributed by atoms with Crippen LogP contribution in [0.4, 0.5) is 10.5 Å². The number of fused-ring (bicyclic) bond motifs is 1. The van der Waals surface area contributed by atoms with Crippen LogP contribution in [0.5, 0.6) is 0 Å². The average molecular weight is 549 g/mol. The first-order chi connectivity index (χ1) is 17.5. The molecule has 0 aliphatic carbocycles. The maximum atomic E-state index is 13.4. The van der Waals surface area contributed by atoms with Gasteiger partial charge >= 0.3 is 15.3 Å². The lowest BCUT2D eigenvalue weighted by Crippen LogP contribution is -2.52. The van der Waals surface area contributed by atoms with Gasteiger partial charge in [0, 0.05) is 31.0 Å². The predicted molar refractivity (Wildman–Crippen MR) is 136 cm³/mol. The van der Waals surface area contributed by atoms with Crippen molar-refractivity contribution in [3.8, 4) is 0 Å². The molecule has 0 bridgehead atoms. The summed E-state index contributed by atoms with van der Waals surface area (Å²) >= 11 is 0. The Balaban J connectivity index is 1.53. The summed E-state index contributed by atoms with van der Waals surface area (Å²) in [5.41, 5.74) is 0.845. The lowest BCUT2D eigenvalue weighted by Gasteiger charge is -2.39. The van der Waals surface area contributed by atoms with Crippen LogP contribution in [0, 0.1) is 5.92 Å². The molecule has 1 fully saturated rings. The standard InChI is InChI=1S/C25H28N2O8S2/c1-18-20(11-12-23(28)26-13-15-36(31,32)16-14-26)24(29)21-9-5-6-10-22(21)27(18)37(33,34)25(30)35-17-19-7-3-2-4-8-19/h2-10,18,20H,11-17H2,1H3/t18-,20?/m1/s1. The summed E-state index contributed by atoms with van der Waals surface area (Å²) in [5.74, 6) is -1.72. The number of Topliss-reactive ketones (excluding diaryl/α,β-unsaturated/α-hetero) is 1. The molecule has 198 valence electrons. The van der Waals surface area contributed by atoms with E-state index in [1.165, 1.54) is 24.0 Å². The number of benzene rings is 2. The highest BCUT2D eigenvalue weighted by molar-refractivity contribution is 8.06. The molecule has 0 N–H and O–H groups in total. The van der Waals surface area contributed by atoms with E-state index in [2.05, 4.69) is 0 Å². The quantitative estimate of drug-likeness (QED) is 0.502. The molecule has 2 aliphatic rings. The van der Waals surface area contributed by atoms with E-state index in [-0.39, 0.29) is 67.0 Å². The summed E-state index contributed by atoms with van der Waals surface area (Å²) in [6, 6.07) is 13.8. The summed E-state index contributed by atoms with van der Waals surface area (Å²) < 4.78 is 56.1. The number of amides is 1. The maximum absolute atomic E-state index is 13.4. The van der Waals surface area contributed by atoms with Gasteiger partial charge in [-0.3, -0.25) is 13.9 Å². The molecule has 2 atom stereocenters. The zero-order valence-corrected chi connectivity index (χ0v) is 21.9. The van der Waals surface area contributed by atoms with E-state index >= 15 is 0 Å². The van der Waals surface area contributed by atoms with Crippen molar-refractivity contribution < 1.29 is 36.0 Å². The van der Waals surface area contributed by atoms with Crippen molar-refractivity contribution in [1.29, 1.82) is 0 Å². The summed E-state index contributed by atoms with van der Waals surface area (Å²) in [4.78, 5) is 40.2. The van der Waals surface area contributed by atoms with Crippen molar-refractivity contribution in [2.45, 2.75) is 32.4 Å². The molecule has 1 amide bonds. The molecule has 0 radical (unpaired) electrons. The van der Waals surface area contributed by atoms with Gasteiger partial charge in [0.05, 0.1) is 23.2 Å². The Hall–Kier alpha value is -3.25. The molecule has 2 heterocycles. The van der Waals surface area contributed by atoms with Gasteiger partial charge in [0.2, 0.25) is 5.91 Å². The number of carbonyl (C=O) groups is 3. The Morgan fingerprint density at radius 1 is 1.00 bits per heavy atom. The van der Waals surface area contributed by atoms with Crippen LogP contribution in [0.25, 0.3) is 0 Å². The number of ketones is 1. The number of para-hydroxylation sites is 1. The number of carbonyl (C=O) groups excluding carboxylic acids is 3. The molecule has 0 saturated carbocycles. The van der Waals surface area contributed by atoms with Crippen LogP contribution >= 0.6 is 0 Å². The van der Waals surface area contributed by atoms with E-state index in [4.69, 9.17) is 4.74 Å². The number of nitrogens with zero attached hydrogens (tertiary/aromatic N) is 2. The van der Waals surface area contributed by atoms with Gasteiger partial charge in [-0.1, -0.05) is 42.5 Å². The molecule has 0 aromatic heterocycles. The zero-order valence-electron chi connectivity index (χ0n) is 20.3. The van der Waals surface area contributed by atoms with E-state index in [1.54, 1.807) is 42.5 Å². The number of rotatable bonds is 6. The first-order valence-electron chi connectivity index (χ1n) is 11.9. The van der Waals surface area contributed by atoms with E-state index in [0.29, 0.717) is 5.56 Å². The smallest absolute Gasteiger partial charge is 0.445 e. The molecule has 37 heavy (non-hydrogen) atoms. The first kappa shape index (κ1) is 26.8. The number of sulfonamides is 1. The predicted octanol–water partition coefficient (Wildman–Crippen LogP) is 2.40. The minimum atomic E-state index is -4.67. The summed E-state index contributed by atoms with van der Waals surface area (Å²) in [5, 5.41) is -1.43. The number of ether oxygens (including phenoxy) is 1. The van der Waals surface area contributed by atoms with Crippen LogP contribution in [0.15, 0.2) is 54.6 Å². The minimum Gasteiger partial charge on any atom is -0.448 e. The van der Waals surface area contributed by atoms with Gasteiger partial charge < -0.3 is 9.64 Å². The van der Waals surface area contributed by atoms with Crippen LogP contribution in [0.1, 0.15) is 35.7 Å². The normalized spacial score (nSPS) is 21.3. The molecular weight excluding hydrogens is 520 g/mol. The Morgan fingerprint density at radius 3 is 2.30 bits per heavy atom. The van der Waals surface area contributed by atoms with Gasteiger partial charge in [0.1, 0.15) is 6.61 Å². The van der Waals surface area contributed by atoms with E-state index in [0.717, 1.165) is 4.31 Å². The summed E-state index contributed by atoms with van der Waals surface area (Å²) in [6.45, 7) is 1.47. The van der Waals surface area contributed by atoms with Crippen molar-refractivity contribution in [1.82, 2.24) is 4.90 Å². The van der Waals surface area contributed by atoms with Crippen molar-refractivity contribution in [3.63, 3.8) is 0 Å². The highest BCUT2D eigenvalue weighted by Crippen LogP contribution is 2.38. The van der Waals surface area contributed by atoms with Crippen LogP contribution in [0.3, 0.4) is 0 Å². The van der Waals surface area contributed by atoms with Gasteiger partial charge in [0.25, 0.3) is 0 Å². The van der Waals surface area contributed by atoms with Crippen LogP contribution < -0.4 is 4.31 Å². The van der Waals surface area contributed by atoms with Crippen LogP contribution in [-0.2, 0) is 36.0 Å². The number of anilines is 1. The highest BCUT2D eigenvalue weighted by Gasteiger charge is 2.46. The van der Waals surface area contributed by atoms with E-state index in [1.807, 2.05) is 0 Å². The zero-order chi connectivity index (χ0) is 26.8. The number of hydrogen-bond acceptors (Lipinski definition) is 8. The molecule has 0 spiro atoms. The van der Waals surface area contributed by atoms with Gasteiger partial charge in [-0.2, -0.15) is 8.42 Å². The Labute approximate surface area is 216 Å². The monoisotopic (exact) mass is 548 g/mol. The first-order valence-corrected chi connectivity index (χ1v) is 15.1. The molecule has 4 rings (SSSR count). The van der Waals surface area contributed by atoms with Gasteiger partial charge in [-0.15, -0.1) is 0 Å². The lowest BCUT2D eigenvalue weighted by molar-refractivity contribution is -0.131. The fourth-order valence-corrected chi connectivity index (χ4v) is 7.24. The topological polar surface area (TPSA) is 135 Å². The fourth-order valence-electron chi connectivity index (χ4n) is 4.67. The van der Waals surface area contributed by atoms with Crippen molar-refractivity contribution in [3.05, 3.63) is 65.7 Å². The van der Waals surface area contributed by atoms with Crippen molar-refractivity contribution in [2.75, 3.05) is 28.9 Å². The maximum Gasteiger partial charge on any atom is 0.445 e. The molecule has 1 unspecified atom stereocenters. The molecule has 2 aromatic rings. The highest BCUT2D eigenvalue weighted by atomic mass is 32.2. The largest absolute Gasteiger partial charge is 0.448 e. The third kappa shape index (κ3) is 5.69. The fraction of sp³-hybridized carbons (Fsp3) is 0.400. The summed E-state index contributed by atoms with van der Waals surface area (Å²) in [7, 11) is -7.82. The third-order valence-corrected chi connectivity index (χ3v) is 9.93. The van der Waals surface area contributed by atoms with E-state index < -0.39 is 37.1 Å². The van der Waals surface area contributed by atoms with Crippen LogP contribution in [0.2, 0.25) is 0 Å². The second kappa shape index (κ2) is 10.6. The molecule has 2 aromatic carbocycles. The Bertz CT molecular complexity index is 1390. The minimum absolute atomic E-state index is 0.0432. The Kier molecular flexibility index (Phi) is 7.69. The number of sulfone groups is 1. The third-order valence-electron chi connectivity index (χ3n) is 6.73. The number of hydrogen-bond donors (Lipinski definition) is 0. The van der Waals surface area contributed by atoms with Gasteiger partial charge in [0.15, 0.2) is 15.6 Å². The Morgan fingerprint density at radius 2 is 1.62 bits per heavy atom. The van der Waals surface area contributed by atoms with Gasteiger partial charge in [-0.25, -0.2) is 13.2 Å². The average Bonchev–Trinajstić information content (AvgIpc) is 2.87. The van der Waals surface area contributed by atoms with Gasteiger partial charge in [-0.05, 0) is 31.0 Å². The molecule has 12 heteroatoms.